The molecule has 0 aliphatic carbocycles. The van der Waals surface area contributed by atoms with Gasteiger partial charge in [-0.1, -0.05) is 27.7 Å². The number of carbonyl (C=O) groups is 2. The lowest BCUT2D eigenvalue weighted by Crippen LogP contribution is -2.44. The van der Waals surface area contributed by atoms with Crippen LogP contribution in [0.2, 0.25) is 0 Å². The number of benzene rings is 2. The van der Waals surface area contributed by atoms with Crippen molar-refractivity contribution in [3.8, 4) is 17.2 Å². The van der Waals surface area contributed by atoms with Crippen LogP contribution in [0.3, 0.4) is 0 Å². The number of ether oxygens (including phenoxy) is 2. The molecule has 0 radical (unpaired) electrons. The molecule has 0 atom stereocenters. The maximum Gasteiger partial charge on any atom is 0.285 e. The Labute approximate surface area is 191 Å². The molecule has 1 aliphatic rings. The second-order valence-electron chi connectivity index (χ2n) is 5.96. The van der Waals surface area contributed by atoms with Crippen molar-refractivity contribution < 1.29 is 24.2 Å². The van der Waals surface area contributed by atoms with Gasteiger partial charge in [0.2, 0.25) is 0 Å². The van der Waals surface area contributed by atoms with Crippen LogP contribution in [0.15, 0.2) is 45.8 Å². The van der Waals surface area contributed by atoms with E-state index in [1.54, 1.807) is 43.3 Å². The van der Waals surface area contributed by atoms with Crippen LogP contribution in [0.25, 0.3) is 6.08 Å². The minimum absolute atomic E-state index is 0.0137. The number of hydrogen-bond donors (Lipinski definition) is 2. The number of hydrazine groups is 1. The molecular weight excluding hydrogens is 492 g/mol. The van der Waals surface area contributed by atoms with Gasteiger partial charge in [0.15, 0.2) is 15.8 Å². The quantitative estimate of drug-likeness (QED) is 0.448. The summed E-state index contributed by atoms with van der Waals surface area (Å²) in [5, 5.41) is 11.0. The predicted octanol–water partition coefficient (Wildman–Crippen LogP) is 4.11. The van der Waals surface area contributed by atoms with Gasteiger partial charge in [0.1, 0.15) is 5.75 Å². The number of halogens is 1. The minimum Gasteiger partial charge on any atom is -0.504 e. The SMILES string of the molecule is CCOc1cc(/C=C2\SC(=S)N(NC(=O)c3ccc(OC)cc3)C2=O)c(Br)cc1O. The summed E-state index contributed by atoms with van der Waals surface area (Å²) in [6, 6.07) is 9.58. The topological polar surface area (TPSA) is 88.1 Å². The molecule has 0 spiro atoms. The molecule has 1 fully saturated rings. The van der Waals surface area contributed by atoms with E-state index < -0.39 is 11.8 Å². The smallest absolute Gasteiger partial charge is 0.285 e. The summed E-state index contributed by atoms with van der Waals surface area (Å²) >= 11 is 9.68. The predicted molar refractivity (Wildman–Crippen MR) is 122 cm³/mol. The molecule has 1 saturated heterocycles. The van der Waals surface area contributed by atoms with Crippen molar-refractivity contribution in [3.05, 3.63) is 56.9 Å². The van der Waals surface area contributed by atoms with Gasteiger partial charge in [0, 0.05) is 10.0 Å². The van der Waals surface area contributed by atoms with Gasteiger partial charge >= 0.3 is 0 Å². The zero-order valence-corrected chi connectivity index (χ0v) is 19.2. The Kier molecular flexibility index (Phi) is 7.01. The summed E-state index contributed by atoms with van der Waals surface area (Å²) < 4.78 is 11.2. The first kappa shape index (κ1) is 22.1. The van der Waals surface area contributed by atoms with Crippen molar-refractivity contribution in [3.63, 3.8) is 0 Å². The van der Waals surface area contributed by atoms with Gasteiger partial charge in [-0.05, 0) is 67.2 Å². The van der Waals surface area contributed by atoms with Crippen molar-refractivity contribution in [2.45, 2.75) is 6.92 Å². The molecule has 30 heavy (non-hydrogen) atoms. The zero-order valence-electron chi connectivity index (χ0n) is 16.0. The Morgan fingerprint density at radius 3 is 2.67 bits per heavy atom. The molecule has 2 amide bonds. The Morgan fingerprint density at radius 1 is 1.33 bits per heavy atom. The second-order valence-corrected chi connectivity index (χ2v) is 8.49. The third-order valence-electron chi connectivity index (χ3n) is 4.02. The summed E-state index contributed by atoms with van der Waals surface area (Å²) in [5.41, 5.74) is 3.51. The summed E-state index contributed by atoms with van der Waals surface area (Å²) in [6.45, 7) is 2.19. The number of phenols is 1. The van der Waals surface area contributed by atoms with Crippen molar-refractivity contribution in [1.29, 1.82) is 0 Å². The molecule has 1 heterocycles. The first-order valence-electron chi connectivity index (χ1n) is 8.72. The highest BCUT2D eigenvalue weighted by atomic mass is 79.9. The van der Waals surface area contributed by atoms with E-state index in [0.717, 1.165) is 16.8 Å². The van der Waals surface area contributed by atoms with E-state index in [-0.39, 0.29) is 10.1 Å². The van der Waals surface area contributed by atoms with E-state index in [0.29, 0.717) is 38.6 Å². The molecule has 0 aromatic heterocycles. The zero-order chi connectivity index (χ0) is 21.8. The highest BCUT2D eigenvalue weighted by Crippen LogP contribution is 2.37. The second kappa shape index (κ2) is 9.50. The molecule has 156 valence electrons. The number of hydrogen-bond acceptors (Lipinski definition) is 7. The normalized spacial score (nSPS) is 14.9. The summed E-state index contributed by atoms with van der Waals surface area (Å²) in [6.07, 6.45) is 1.62. The first-order chi connectivity index (χ1) is 14.3. The van der Waals surface area contributed by atoms with Crippen LogP contribution in [-0.4, -0.2) is 40.0 Å². The molecule has 0 saturated carbocycles. The largest absolute Gasteiger partial charge is 0.504 e. The summed E-state index contributed by atoms with van der Waals surface area (Å²) in [5.74, 6) is -0.0224. The van der Waals surface area contributed by atoms with E-state index in [9.17, 15) is 14.7 Å². The average Bonchev–Trinajstić information content (AvgIpc) is 2.99. The number of carbonyl (C=O) groups excluding carboxylic acids is 2. The van der Waals surface area contributed by atoms with Gasteiger partial charge in [0.05, 0.1) is 18.6 Å². The monoisotopic (exact) mass is 508 g/mol. The van der Waals surface area contributed by atoms with Crippen LogP contribution in [0.5, 0.6) is 17.2 Å². The average molecular weight is 509 g/mol. The minimum atomic E-state index is -0.473. The van der Waals surface area contributed by atoms with Crippen molar-refractivity contribution in [1.82, 2.24) is 10.4 Å². The van der Waals surface area contributed by atoms with Crippen LogP contribution < -0.4 is 14.9 Å². The number of nitrogens with one attached hydrogen (secondary N) is 1. The summed E-state index contributed by atoms with van der Waals surface area (Å²) in [4.78, 5) is 25.6. The third kappa shape index (κ3) is 4.77. The highest BCUT2D eigenvalue weighted by Gasteiger charge is 2.34. The molecule has 1 aliphatic heterocycles. The molecular formula is C20H17BrN2O5S2. The number of rotatable bonds is 6. The Morgan fingerprint density at radius 2 is 2.03 bits per heavy atom. The highest BCUT2D eigenvalue weighted by molar-refractivity contribution is 9.10. The fraction of sp³-hybridized carbons (Fsp3) is 0.150. The molecule has 7 nitrogen and oxygen atoms in total. The standard InChI is InChI=1S/C20H17BrN2O5S2/c1-3-28-16-8-12(14(21)10-15(16)24)9-17-19(26)23(20(29)30-17)22-18(25)11-4-6-13(27-2)7-5-11/h4-10,24H,3H2,1-2H3,(H,22,25)/b17-9-. The Hall–Kier alpha value is -2.56. The van der Waals surface area contributed by atoms with Gasteiger partial charge in [-0.25, -0.2) is 0 Å². The van der Waals surface area contributed by atoms with Gasteiger partial charge in [-0.15, -0.1) is 0 Å². The fourth-order valence-electron chi connectivity index (χ4n) is 2.55. The number of methoxy groups -OCH3 is 1. The van der Waals surface area contributed by atoms with Crippen LogP contribution in [0.1, 0.15) is 22.8 Å². The number of nitrogens with zero attached hydrogens (tertiary/aromatic N) is 1. The van der Waals surface area contributed by atoms with Gasteiger partial charge in [-0.2, -0.15) is 5.01 Å². The summed E-state index contributed by atoms with van der Waals surface area (Å²) in [7, 11) is 1.53. The van der Waals surface area contributed by atoms with E-state index in [2.05, 4.69) is 21.4 Å². The Bertz CT molecular complexity index is 1040. The van der Waals surface area contributed by atoms with Crippen LogP contribution in [-0.2, 0) is 4.79 Å². The van der Waals surface area contributed by atoms with Crippen LogP contribution >= 0.6 is 39.9 Å². The maximum absolute atomic E-state index is 12.8. The van der Waals surface area contributed by atoms with Gasteiger partial charge in [0.25, 0.3) is 11.8 Å². The van der Waals surface area contributed by atoms with E-state index in [4.69, 9.17) is 21.7 Å². The van der Waals surface area contributed by atoms with E-state index in [1.165, 1.54) is 13.2 Å². The van der Waals surface area contributed by atoms with E-state index >= 15 is 0 Å². The number of phenolic OH excluding ortho intramolecular Hbond substituents is 1. The lowest BCUT2D eigenvalue weighted by molar-refractivity contribution is -0.123. The fourth-order valence-corrected chi connectivity index (χ4v) is 4.17. The molecule has 2 N–H and O–H groups in total. The lowest BCUT2D eigenvalue weighted by Gasteiger charge is -2.15. The van der Waals surface area contributed by atoms with Crippen molar-refractivity contribution in [2.24, 2.45) is 0 Å². The van der Waals surface area contributed by atoms with Crippen LogP contribution in [0, 0.1) is 0 Å². The Balaban J connectivity index is 1.80. The van der Waals surface area contributed by atoms with Crippen LogP contribution in [0.4, 0.5) is 0 Å². The first-order valence-corrected chi connectivity index (χ1v) is 10.7. The molecule has 3 rings (SSSR count). The number of aromatic hydroxyl groups is 1. The van der Waals surface area contributed by atoms with Gasteiger partial charge in [-0.3, -0.25) is 15.0 Å². The molecule has 2 aromatic rings. The molecule has 0 unspecified atom stereocenters. The molecule has 2 aromatic carbocycles. The van der Waals surface area contributed by atoms with Gasteiger partial charge < -0.3 is 14.6 Å². The number of thioether (sulfide) groups is 1. The van der Waals surface area contributed by atoms with E-state index in [1.807, 2.05) is 0 Å². The van der Waals surface area contributed by atoms with Crippen molar-refractivity contribution >= 4 is 62.1 Å². The maximum atomic E-state index is 12.8. The molecule has 10 heteroatoms. The lowest BCUT2D eigenvalue weighted by atomic mass is 10.2. The number of amides is 2. The number of thiocarbonyl (C=S) groups is 1. The van der Waals surface area contributed by atoms with Crippen molar-refractivity contribution in [2.75, 3.05) is 13.7 Å². The third-order valence-corrected chi connectivity index (χ3v) is 6.01. The molecule has 0 bridgehead atoms.